The van der Waals surface area contributed by atoms with Crippen LogP contribution in [0.4, 0.5) is 0 Å². The lowest BCUT2D eigenvalue weighted by molar-refractivity contribution is -0.148. The van der Waals surface area contributed by atoms with Crippen LogP contribution in [0.2, 0.25) is 0 Å². The summed E-state index contributed by atoms with van der Waals surface area (Å²) in [5.74, 6) is -1.07. The Morgan fingerprint density at radius 2 is 1.79 bits per heavy atom. The van der Waals surface area contributed by atoms with Crippen molar-refractivity contribution < 1.29 is 24.2 Å². The van der Waals surface area contributed by atoms with E-state index in [2.05, 4.69) is 16.1 Å². The fourth-order valence-electron chi connectivity index (χ4n) is 0.557. The van der Waals surface area contributed by atoms with E-state index in [-0.39, 0.29) is 18.8 Å². The molecule has 0 rings (SSSR count). The molecule has 1 N–H and O–H groups in total. The van der Waals surface area contributed by atoms with Crippen LogP contribution in [0.15, 0.2) is 12.2 Å². The van der Waals surface area contributed by atoms with Crippen molar-refractivity contribution in [2.24, 2.45) is 0 Å². The SMILES string of the molecule is C=C(C)C(=O)OCC(O)COC(C)=O. The van der Waals surface area contributed by atoms with Gasteiger partial charge in [0.25, 0.3) is 0 Å². The van der Waals surface area contributed by atoms with Gasteiger partial charge >= 0.3 is 11.9 Å². The van der Waals surface area contributed by atoms with Crippen molar-refractivity contribution in [1.29, 1.82) is 0 Å². The quantitative estimate of drug-likeness (QED) is 0.503. The topological polar surface area (TPSA) is 72.8 Å². The van der Waals surface area contributed by atoms with E-state index < -0.39 is 18.0 Å². The Labute approximate surface area is 82.3 Å². The second-order valence-corrected chi connectivity index (χ2v) is 2.84. The van der Waals surface area contributed by atoms with Crippen LogP contribution in [0, 0.1) is 0 Å². The minimum atomic E-state index is -0.998. The Kier molecular flexibility index (Phi) is 5.55. The Bertz CT molecular complexity index is 233. The van der Waals surface area contributed by atoms with Crippen LogP contribution >= 0.6 is 0 Å². The highest BCUT2D eigenvalue weighted by atomic mass is 16.6. The Morgan fingerprint density at radius 1 is 1.29 bits per heavy atom. The molecule has 5 nitrogen and oxygen atoms in total. The van der Waals surface area contributed by atoms with Crippen LogP contribution in [0.25, 0.3) is 0 Å². The molecule has 0 saturated heterocycles. The van der Waals surface area contributed by atoms with Gasteiger partial charge in [0.05, 0.1) is 0 Å². The second-order valence-electron chi connectivity index (χ2n) is 2.84. The minimum Gasteiger partial charge on any atom is -0.463 e. The number of carbonyl (C=O) groups excluding carboxylic acids is 2. The lowest BCUT2D eigenvalue weighted by atomic mass is 10.3. The van der Waals surface area contributed by atoms with Crippen LogP contribution in [-0.2, 0) is 19.1 Å². The summed E-state index contributed by atoms with van der Waals surface area (Å²) < 4.78 is 9.11. The van der Waals surface area contributed by atoms with E-state index in [1.807, 2.05) is 0 Å². The van der Waals surface area contributed by atoms with Gasteiger partial charge in [-0.15, -0.1) is 0 Å². The first-order valence-electron chi connectivity index (χ1n) is 4.07. The van der Waals surface area contributed by atoms with Crippen molar-refractivity contribution in [2.45, 2.75) is 20.0 Å². The van der Waals surface area contributed by atoms with Gasteiger partial charge in [-0.3, -0.25) is 4.79 Å². The molecule has 0 radical (unpaired) electrons. The van der Waals surface area contributed by atoms with Crippen molar-refractivity contribution in [3.05, 3.63) is 12.2 Å². The number of hydrogen-bond donors (Lipinski definition) is 1. The molecule has 0 aliphatic rings. The predicted octanol–water partition coefficient (Wildman–Crippen LogP) is 0.0297. The third kappa shape index (κ3) is 6.19. The normalized spacial score (nSPS) is 11.6. The number of carbonyl (C=O) groups is 2. The number of hydrogen-bond acceptors (Lipinski definition) is 5. The lowest BCUT2D eigenvalue weighted by Gasteiger charge is -2.10. The summed E-state index contributed by atoms with van der Waals surface area (Å²) in [6.07, 6.45) is -0.998. The third-order valence-corrected chi connectivity index (χ3v) is 1.23. The van der Waals surface area contributed by atoms with Gasteiger partial charge in [-0.05, 0) is 6.92 Å². The van der Waals surface area contributed by atoms with Gasteiger partial charge in [0.15, 0.2) is 0 Å². The summed E-state index contributed by atoms with van der Waals surface area (Å²) in [4.78, 5) is 21.2. The molecule has 5 heteroatoms. The molecule has 0 aromatic carbocycles. The van der Waals surface area contributed by atoms with Crippen LogP contribution < -0.4 is 0 Å². The first-order chi connectivity index (χ1) is 6.43. The summed E-state index contributed by atoms with van der Waals surface area (Å²) in [6.45, 7) is 5.70. The summed E-state index contributed by atoms with van der Waals surface area (Å²) in [5, 5.41) is 9.14. The Hall–Kier alpha value is -1.36. The second kappa shape index (κ2) is 6.15. The molecule has 0 aliphatic carbocycles. The van der Waals surface area contributed by atoms with Gasteiger partial charge in [0, 0.05) is 12.5 Å². The number of rotatable bonds is 5. The van der Waals surface area contributed by atoms with E-state index in [4.69, 9.17) is 5.11 Å². The van der Waals surface area contributed by atoms with Gasteiger partial charge in [-0.25, -0.2) is 4.79 Å². The fourth-order valence-corrected chi connectivity index (χ4v) is 0.557. The number of esters is 2. The first kappa shape index (κ1) is 12.6. The third-order valence-electron chi connectivity index (χ3n) is 1.23. The van der Waals surface area contributed by atoms with Gasteiger partial charge in [-0.1, -0.05) is 6.58 Å². The van der Waals surface area contributed by atoms with E-state index in [9.17, 15) is 9.59 Å². The summed E-state index contributed by atoms with van der Waals surface area (Å²) in [6, 6.07) is 0. The average Bonchev–Trinajstić information content (AvgIpc) is 2.10. The van der Waals surface area contributed by atoms with Gasteiger partial charge in [0.1, 0.15) is 19.3 Å². The Morgan fingerprint density at radius 3 is 2.21 bits per heavy atom. The molecule has 0 aromatic heterocycles. The molecule has 0 aliphatic heterocycles. The molecule has 0 heterocycles. The van der Waals surface area contributed by atoms with Crippen molar-refractivity contribution in [3.63, 3.8) is 0 Å². The minimum absolute atomic E-state index is 0.182. The van der Waals surface area contributed by atoms with E-state index in [0.29, 0.717) is 0 Å². The standard InChI is InChI=1S/C9H14O5/c1-6(2)9(12)14-5-8(11)4-13-7(3)10/h8,11H,1,4-5H2,2-3H3. The molecule has 1 atom stereocenters. The highest BCUT2D eigenvalue weighted by Gasteiger charge is 2.10. The molecule has 0 bridgehead atoms. The van der Waals surface area contributed by atoms with Gasteiger partial charge < -0.3 is 14.6 Å². The van der Waals surface area contributed by atoms with Gasteiger partial charge in [-0.2, -0.15) is 0 Å². The maximum absolute atomic E-state index is 10.8. The molecule has 0 saturated carbocycles. The molecule has 0 fully saturated rings. The molecular weight excluding hydrogens is 188 g/mol. The van der Waals surface area contributed by atoms with E-state index in [0.717, 1.165) is 0 Å². The monoisotopic (exact) mass is 202 g/mol. The summed E-state index contributed by atoms with van der Waals surface area (Å²) in [7, 11) is 0. The number of aliphatic hydroxyl groups excluding tert-OH is 1. The van der Waals surface area contributed by atoms with Crippen LogP contribution in [0.1, 0.15) is 13.8 Å². The maximum Gasteiger partial charge on any atom is 0.333 e. The summed E-state index contributed by atoms with van der Waals surface area (Å²) >= 11 is 0. The molecule has 80 valence electrons. The van der Waals surface area contributed by atoms with Crippen molar-refractivity contribution in [2.75, 3.05) is 13.2 Å². The molecule has 0 spiro atoms. The smallest absolute Gasteiger partial charge is 0.333 e. The van der Waals surface area contributed by atoms with Gasteiger partial charge in [0.2, 0.25) is 0 Å². The van der Waals surface area contributed by atoms with E-state index in [1.165, 1.54) is 13.8 Å². The first-order valence-corrected chi connectivity index (χ1v) is 4.07. The predicted molar refractivity (Wildman–Crippen MR) is 48.4 cm³/mol. The largest absolute Gasteiger partial charge is 0.463 e. The fraction of sp³-hybridized carbons (Fsp3) is 0.556. The van der Waals surface area contributed by atoms with E-state index >= 15 is 0 Å². The molecule has 0 amide bonds. The van der Waals surface area contributed by atoms with Crippen molar-refractivity contribution in [1.82, 2.24) is 0 Å². The zero-order valence-electron chi connectivity index (χ0n) is 8.28. The molecular formula is C9H14O5. The molecule has 0 aromatic rings. The zero-order chi connectivity index (χ0) is 11.1. The maximum atomic E-state index is 10.8. The Balaban J connectivity index is 3.63. The number of ether oxygens (including phenoxy) is 2. The molecule has 1 unspecified atom stereocenters. The zero-order valence-corrected chi connectivity index (χ0v) is 8.28. The van der Waals surface area contributed by atoms with Crippen LogP contribution in [0.3, 0.4) is 0 Å². The van der Waals surface area contributed by atoms with Crippen LogP contribution in [0.5, 0.6) is 0 Å². The average molecular weight is 202 g/mol. The van der Waals surface area contributed by atoms with Crippen molar-refractivity contribution in [3.8, 4) is 0 Å². The van der Waals surface area contributed by atoms with Crippen LogP contribution in [-0.4, -0.2) is 36.4 Å². The molecule has 14 heavy (non-hydrogen) atoms. The highest BCUT2D eigenvalue weighted by molar-refractivity contribution is 5.86. The van der Waals surface area contributed by atoms with E-state index in [1.54, 1.807) is 0 Å². The lowest BCUT2D eigenvalue weighted by Crippen LogP contribution is -2.24. The summed E-state index contributed by atoms with van der Waals surface area (Å²) in [5.41, 5.74) is 0.254. The number of aliphatic hydroxyl groups is 1. The van der Waals surface area contributed by atoms with Crippen molar-refractivity contribution >= 4 is 11.9 Å². The highest BCUT2D eigenvalue weighted by Crippen LogP contribution is 1.94.